The average Bonchev–Trinajstić information content (AvgIpc) is 2.64. The van der Waals surface area contributed by atoms with Gasteiger partial charge in [-0.3, -0.25) is 4.79 Å². The largest absolute Gasteiger partial charge is 0.497 e. The van der Waals surface area contributed by atoms with Crippen LogP contribution in [0.25, 0.3) is 0 Å². The summed E-state index contributed by atoms with van der Waals surface area (Å²) >= 11 is 0. The van der Waals surface area contributed by atoms with E-state index in [0.29, 0.717) is 0 Å². The topological polar surface area (TPSA) is 58.6 Å². The molecule has 138 valence electrons. The Kier molecular flexibility index (Phi) is 5.40. The van der Waals surface area contributed by atoms with Crippen LogP contribution in [0.4, 0.5) is 5.82 Å². The van der Waals surface area contributed by atoms with Crippen molar-refractivity contribution < 1.29 is 9.53 Å². The number of hydrogen-bond donors (Lipinski definition) is 0. The predicted molar refractivity (Wildman–Crippen MR) is 102 cm³/mol. The minimum atomic E-state index is 0.137. The summed E-state index contributed by atoms with van der Waals surface area (Å²) in [5.74, 6) is 2.77. The van der Waals surface area contributed by atoms with E-state index in [4.69, 9.17) is 9.72 Å². The number of aryl methyl sites for hydroxylation is 2. The fraction of sp³-hybridized carbons (Fsp3) is 0.450. The second-order valence-electron chi connectivity index (χ2n) is 6.68. The molecule has 0 N–H and O–H groups in total. The average molecular weight is 354 g/mol. The number of amides is 1. The molecule has 1 aromatic heterocycles. The first-order valence-corrected chi connectivity index (χ1v) is 8.95. The lowest BCUT2D eigenvalue weighted by Gasteiger charge is -2.36. The molecule has 0 radical (unpaired) electrons. The second kappa shape index (κ2) is 7.72. The van der Waals surface area contributed by atoms with E-state index in [0.717, 1.165) is 61.2 Å². The van der Waals surface area contributed by atoms with E-state index in [1.54, 1.807) is 14.0 Å². The van der Waals surface area contributed by atoms with Crippen molar-refractivity contribution in [3.63, 3.8) is 0 Å². The van der Waals surface area contributed by atoms with Crippen LogP contribution in [0.1, 0.15) is 29.6 Å². The highest BCUT2D eigenvalue weighted by molar-refractivity contribution is 5.73. The summed E-state index contributed by atoms with van der Waals surface area (Å²) in [5, 5.41) is 0. The molecular weight excluding hydrogens is 328 g/mol. The zero-order chi connectivity index (χ0) is 18.7. The van der Waals surface area contributed by atoms with Gasteiger partial charge in [0.15, 0.2) is 0 Å². The lowest BCUT2D eigenvalue weighted by Crippen LogP contribution is -2.48. The van der Waals surface area contributed by atoms with Gasteiger partial charge in [0.05, 0.1) is 7.11 Å². The molecule has 0 atom stereocenters. The number of benzene rings is 1. The van der Waals surface area contributed by atoms with Crippen molar-refractivity contribution in [1.29, 1.82) is 0 Å². The molecule has 1 amide bonds. The van der Waals surface area contributed by atoms with Gasteiger partial charge in [-0.05, 0) is 31.5 Å². The van der Waals surface area contributed by atoms with Crippen molar-refractivity contribution in [2.24, 2.45) is 0 Å². The zero-order valence-electron chi connectivity index (χ0n) is 16.0. The fourth-order valence-corrected chi connectivity index (χ4v) is 3.37. The minimum Gasteiger partial charge on any atom is -0.497 e. The number of nitrogens with zero attached hydrogens (tertiary/aromatic N) is 4. The number of methoxy groups -OCH3 is 1. The highest BCUT2D eigenvalue weighted by Gasteiger charge is 2.23. The Bertz CT molecular complexity index is 781. The highest BCUT2D eigenvalue weighted by atomic mass is 16.5. The van der Waals surface area contributed by atoms with Crippen LogP contribution in [0.15, 0.2) is 24.3 Å². The summed E-state index contributed by atoms with van der Waals surface area (Å²) in [6.07, 6.45) is 0.776. The van der Waals surface area contributed by atoms with Gasteiger partial charge < -0.3 is 14.5 Å². The molecule has 2 heterocycles. The number of carbonyl (C=O) groups is 1. The van der Waals surface area contributed by atoms with E-state index in [9.17, 15) is 4.79 Å². The van der Waals surface area contributed by atoms with Crippen molar-refractivity contribution in [3.05, 3.63) is 46.9 Å². The first kappa shape index (κ1) is 18.2. The molecule has 1 aliphatic rings. The Balaban J connectivity index is 1.86. The third-order valence-electron chi connectivity index (χ3n) is 4.87. The van der Waals surface area contributed by atoms with Crippen LogP contribution in [-0.2, 0) is 11.2 Å². The predicted octanol–water partition coefficient (Wildman–Crippen LogP) is 2.36. The molecular formula is C20H26N4O2. The van der Waals surface area contributed by atoms with E-state index in [2.05, 4.69) is 22.0 Å². The van der Waals surface area contributed by atoms with Crippen LogP contribution >= 0.6 is 0 Å². The Labute approximate surface area is 154 Å². The molecule has 0 unspecified atom stereocenters. The zero-order valence-corrected chi connectivity index (χ0v) is 16.0. The van der Waals surface area contributed by atoms with E-state index in [1.807, 2.05) is 30.9 Å². The Morgan fingerprint density at radius 2 is 1.73 bits per heavy atom. The number of anilines is 1. The van der Waals surface area contributed by atoms with Gasteiger partial charge in [0, 0.05) is 50.8 Å². The molecule has 0 spiro atoms. The normalized spacial score (nSPS) is 14.5. The van der Waals surface area contributed by atoms with Gasteiger partial charge in [0.2, 0.25) is 5.91 Å². The highest BCUT2D eigenvalue weighted by Crippen LogP contribution is 2.25. The van der Waals surface area contributed by atoms with E-state index in [1.165, 1.54) is 5.56 Å². The summed E-state index contributed by atoms with van der Waals surface area (Å²) in [5.41, 5.74) is 3.36. The molecule has 1 fully saturated rings. The lowest BCUT2D eigenvalue weighted by molar-refractivity contribution is -0.129. The third-order valence-corrected chi connectivity index (χ3v) is 4.87. The summed E-state index contributed by atoms with van der Waals surface area (Å²) in [4.78, 5) is 25.1. The Hall–Kier alpha value is -2.63. The van der Waals surface area contributed by atoms with Crippen molar-refractivity contribution >= 4 is 11.7 Å². The van der Waals surface area contributed by atoms with Crippen molar-refractivity contribution in [2.75, 3.05) is 38.2 Å². The molecule has 2 aromatic rings. The fourth-order valence-electron chi connectivity index (χ4n) is 3.37. The number of hydrogen-bond acceptors (Lipinski definition) is 5. The molecule has 0 bridgehead atoms. The van der Waals surface area contributed by atoms with Crippen molar-refractivity contribution in [1.82, 2.24) is 14.9 Å². The first-order chi connectivity index (χ1) is 12.5. The van der Waals surface area contributed by atoms with E-state index >= 15 is 0 Å². The van der Waals surface area contributed by atoms with Gasteiger partial charge >= 0.3 is 0 Å². The van der Waals surface area contributed by atoms with Crippen LogP contribution in [0.5, 0.6) is 5.75 Å². The minimum absolute atomic E-state index is 0.137. The summed E-state index contributed by atoms with van der Waals surface area (Å²) in [6.45, 7) is 8.67. The van der Waals surface area contributed by atoms with Crippen LogP contribution in [0.3, 0.4) is 0 Å². The molecule has 0 aliphatic carbocycles. The number of aromatic nitrogens is 2. The van der Waals surface area contributed by atoms with Gasteiger partial charge in [-0.2, -0.15) is 0 Å². The third kappa shape index (κ3) is 3.95. The van der Waals surface area contributed by atoms with Crippen LogP contribution < -0.4 is 9.64 Å². The Morgan fingerprint density at radius 3 is 2.31 bits per heavy atom. The molecule has 6 heteroatoms. The molecule has 1 saturated heterocycles. The van der Waals surface area contributed by atoms with E-state index < -0.39 is 0 Å². The number of piperazine rings is 1. The maximum atomic E-state index is 11.6. The van der Waals surface area contributed by atoms with Gasteiger partial charge in [-0.15, -0.1) is 0 Å². The lowest BCUT2D eigenvalue weighted by atomic mass is 10.0. The van der Waals surface area contributed by atoms with Gasteiger partial charge in [-0.25, -0.2) is 9.97 Å². The molecule has 3 rings (SSSR count). The standard InChI is InChI=1S/C20H26N4O2/c1-14-19(13-17-5-7-18(26-4)8-6-17)20(22-15(2)21-14)24-11-9-23(10-12-24)16(3)25/h5-8H,9-13H2,1-4H3. The molecule has 1 aliphatic heterocycles. The monoisotopic (exact) mass is 354 g/mol. The number of carbonyl (C=O) groups excluding carboxylic acids is 1. The second-order valence-corrected chi connectivity index (χ2v) is 6.68. The van der Waals surface area contributed by atoms with Gasteiger partial charge in [-0.1, -0.05) is 12.1 Å². The van der Waals surface area contributed by atoms with Gasteiger partial charge in [0.1, 0.15) is 17.4 Å². The van der Waals surface area contributed by atoms with Crippen LogP contribution in [0, 0.1) is 13.8 Å². The number of ether oxygens (including phenoxy) is 1. The van der Waals surface area contributed by atoms with Crippen molar-refractivity contribution in [3.8, 4) is 5.75 Å². The first-order valence-electron chi connectivity index (χ1n) is 8.95. The summed E-state index contributed by atoms with van der Waals surface area (Å²) < 4.78 is 5.24. The van der Waals surface area contributed by atoms with Gasteiger partial charge in [0.25, 0.3) is 0 Å². The van der Waals surface area contributed by atoms with E-state index in [-0.39, 0.29) is 5.91 Å². The SMILES string of the molecule is COc1ccc(Cc2c(C)nc(C)nc2N2CCN(C(C)=O)CC2)cc1. The smallest absolute Gasteiger partial charge is 0.219 e. The maximum absolute atomic E-state index is 11.6. The molecule has 0 saturated carbocycles. The summed E-state index contributed by atoms with van der Waals surface area (Å²) in [6, 6.07) is 8.11. The van der Waals surface area contributed by atoms with Crippen LogP contribution in [0.2, 0.25) is 0 Å². The molecule has 1 aromatic carbocycles. The quantitative estimate of drug-likeness (QED) is 0.844. The maximum Gasteiger partial charge on any atom is 0.219 e. The number of rotatable bonds is 4. The molecule has 26 heavy (non-hydrogen) atoms. The Morgan fingerprint density at radius 1 is 1.08 bits per heavy atom. The molecule has 6 nitrogen and oxygen atoms in total. The summed E-state index contributed by atoms with van der Waals surface area (Å²) in [7, 11) is 1.67. The van der Waals surface area contributed by atoms with Crippen LogP contribution in [-0.4, -0.2) is 54.1 Å². The van der Waals surface area contributed by atoms with Crippen molar-refractivity contribution in [2.45, 2.75) is 27.2 Å².